The quantitative estimate of drug-likeness (QED) is 0.374. The van der Waals surface area contributed by atoms with Gasteiger partial charge in [-0.2, -0.15) is 9.83 Å². The summed E-state index contributed by atoms with van der Waals surface area (Å²) in [7, 11) is 0. The molecule has 0 saturated carbocycles. The van der Waals surface area contributed by atoms with Crippen molar-refractivity contribution in [3.63, 3.8) is 0 Å². The van der Waals surface area contributed by atoms with Gasteiger partial charge in [-0.15, -0.1) is 11.3 Å². The molecule has 0 spiro atoms. The molecular weight excluding hydrogens is 353 g/mol. The predicted octanol–water partition coefficient (Wildman–Crippen LogP) is 4.87. The third kappa shape index (κ3) is 3.52. The average Bonchev–Trinajstić information content (AvgIpc) is 3.07. The summed E-state index contributed by atoms with van der Waals surface area (Å²) in [5.41, 5.74) is 2.64. The Kier molecular flexibility index (Phi) is 4.62. The number of pyridine rings is 1. The van der Waals surface area contributed by atoms with Gasteiger partial charge in [-0.1, -0.05) is 25.4 Å². The second-order valence-electron chi connectivity index (χ2n) is 5.67. The Labute approximate surface area is 148 Å². The van der Waals surface area contributed by atoms with Crippen LogP contribution >= 0.6 is 34.5 Å². The van der Waals surface area contributed by atoms with Crippen molar-refractivity contribution < 1.29 is 4.73 Å². The highest BCUT2D eigenvalue weighted by atomic mass is 35.5. The summed E-state index contributed by atoms with van der Waals surface area (Å²) in [5, 5.41) is 16.3. The van der Waals surface area contributed by atoms with Crippen LogP contribution in [0.25, 0.3) is 21.7 Å². The maximum atomic E-state index is 11.5. The summed E-state index contributed by atoms with van der Waals surface area (Å²) in [6.45, 7) is 5.10. The van der Waals surface area contributed by atoms with Gasteiger partial charge < -0.3 is 5.21 Å². The largest absolute Gasteiger partial charge is 0.618 e. The molecule has 0 fully saturated rings. The van der Waals surface area contributed by atoms with E-state index in [-0.39, 0.29) is 5.15 Å². The Morgan fingerprint density at radius 2 is 2.09 bits per heavy atom. The molecule has 3 rings (SSSR count). The summed E-state index contributed by atoms with van der Waals surface area (Å²) in [6.07, 6.45) is 3.40. The summed E-state index contributed by atoms with van der Waals surface area (Å²) >= 11 is 13.5. The molecule has 0 amide bonds. The first-order chi connectivity index (χ1) is 10.9. The maximum absolute atomic E-state index is 11.5. The van der Waals surface area contributed by atoms with Crippen LogP contribution in [0.1, 0.15) is 13.8 Å². The fourth-order valence-corrected chi connectivity index (χ4v) is 3.57. The SMILES string of the molecule is CC(C)Cn1cc(-c2cc[n+]([O-])c(Cl)c2)c(-c2ccc(Cl)s2)n1. The highest BCUT2D eigenvalue weighted by Gasteiger charge is 2.17. The number of aromatic nitrogens is 3. The van der Waals surface area contributed by atoms with Gasteiger partial charge in [0.15, 0.2) is 6.20 Å². The maximum Gasteiger partial charge on any atom is 0.286 e. The molecule has 120 valence electrons. The summed E-state index contributed by atoms with van der Waals surface area (Å²) in [4.78, 5) is 0.988. The molecule has 0 aromatic carbocycles. The zero-order chi connectivity index (χ0) is 16.6. The van der Waals surface area contributed by atoms with E-state index in [0.717, 1.165) is 28.2 Å². The zero-order valence-electron chi connectivity index (χ0n) is 12.7. The minimum absolute atomic E-state index is 0.134. The molecular formula is C16H15Cl2N3OS. The minimum atomic E-state index is 0.134. The summed E-state index contributed by atoms with van der Waals surface area (Å²) < 4.78 is 3.27. The average molecular weight is 368 g/mol. The lowest BCUT2D eigenvalue weighted by Gasteiger charge is -2.03. The van der Waals surface area contributed by atoms with Gasteiger partial charge in [0.25, 0.3) is 5.15 Å². The van der Waals surface area contributed by atoms with Crippen LogP contribution in [-0.2, 0) is 6.54 Å². The third-order valence-corrected chi connectivity index (χ3v) is 4.82. The third-order valence-electron chi connectivity index (χ3n) is 3.31. The fraction of sp³-hybridized carbons (Fsp3) is 0.250. The zero-order valence-corrected chi connectivity index (χ0v) is 15.0. The van der Waals surface area contributed by atoms with Crippen LogP contribution in [0.3, 0.4) is 0 Å². The van der Waals surface area contributed by atoms with Crippen molar-refractivity contribution in [2.24, 2.45) is 5.92 Å². The predicted molar refractivity (Wildman–Crippen MR) is 94.8 cm³/mol. The van der Waals surface area contributed by atoms with Crippen LogP contribution in [0, 0.1) is 11.1 Å². The second-order valence-corrected chi connectivity index (χ2v) is 7.78. The van der Waals surface area contributed by atoms with Crippen molar-refractivity contribution in [1.82, 2.24) is 9.78 Å². The van der Waals surface area contributed by atoms with Crippen LogP contribution in [0.4, 0.5) is 0 Å². The van der Waals surface area contributed by atoms with Crippen molar-refractivity contribution in [2.75, 3.05) is 0 Å². The van der Waals surface area contributed by atoms with Gasteiger partial charge in [0.2, 0.25) is 0 Å². The molecule has 0 unspecified atom stereocenters. The van der Waals surface area contributed by atoms with Crippen LogP contribution in [0.2, 0.25) is 9.49 Å². The standard InChI is InChI=1S/C16H15Cl2N3OS/c1-10(2)8-20-9-12(11-5-6-21(22)14(17)7-11)16(19-20)13-3-4-15(18)23-13/h3-7,9-10H,8H2,1-2H3. The highest BCUT2D eigenvalue weighted by Crippen LogP contribution is 2.37. The normalized spacial score (nSPS) is 11.3. The molecule has 0 saturated heterocycles. The summed E-state index contributed by atoms with van der Waals surface area (Å²) in [5.74, 6) is 0.477. The lowest BCUT2D eigenvalue weighted by molar-refractivity contribution is -0.602. The van der Waals surface area contributed by atoms with E-state index < -0.39 is 0 Å². The van der Waals surface area contributed by atoms with E-state index in [1.807, 2.05) is 23.0 Å². The van der Waals surface area contributed by atoms with E-state index in [0.29, 0.717) is 15.0 Å². The van der Waals surface area contributed by atoms with Gasteiger partial charge in [0, 0.05) is 30.4 Å². The minimum Gasteiger partial charge on any atom is -0.618 e. The van der Waals surface area contributed by atoms with Gasteiger partial charge in [-0.25, -0.2) is 0 Å². The van der Waals surface area contributed by atoms with E-state index in [1.54, 1.807) is 12.1 Å². The van der Waals surface area contributed by atoms with E-state index in [9.17, 15) is 5.21 Å². The Bertz CT molecular complexity index is 842. The van der Waals surface area contributed by atoms with Gasteiger partial charge in [0.1, 0.15) is 5.69 Å². The monoisotopic (exact) mass is 367 g/mol. The van der Waals surface area contributed by atoms with E-state index in [1.165, 1.54) is 17.5 Å². The number of rotatable bonds is 4. The Morgan fingerprint density at radius 1 is 1.30 bits per heavy atom. The highest BCUT2D eigenvalue weighted by molar-refractivity contribution is 7.19. The molecule has 0 bridgehead atoms. The molecule has 3 heterocycles. The fourth-order valence-electron chi connectivity index (χ4n) is 2.35. The van der Waals surface area contributed by atoms with Crippen molar-refractivity contribution in [3.8, 4) is 21.7 Å². The molecule has 23 heavy (non-hydrogen) atoms. The van der Waals surface area contributed by atoms with Gasteiger partial charge in [-0.3, -0.25) is 4.68 Å². The topological polar surface area (TPSA) is 44.8 Å². The van der Waals surface area contributed by atoms with Crippen molar-refractivity contribution in [1.29, 1.82) is 0 Å². The van der Waals surface area contributed by atoms with Crippen LogP contribution < -0.4 is 4.73 Å². The molecule has 4 nitrogen and oxygen atoms in total. The number of hydrogen-bond acceptors (Lipinski definition) is 3. The van der Waals surface area contributed by atoms with E-state index in [2.05, 4.69) is 13.8 Å². The number of hydrogen-bond donors (Lipinski definition) is 0. The first-order valence-electron chi connectivity index (χ1n) is 7.16. The number of nitrogens with zero attached hydrogens (tertiary/aromatic N) is 3. The molecule has 7 heteroatoms. The van der Waals surface area contributed by atoms with Crippen LogP contribution in [0.5, 0.6) is 0 Å². The molecule has 3 aromatic rings. The molecule has 0 aliphatic carbocycles. The lowest BCUT2D eigenvalue weighted by Crippen LogP contribution is -2.26. The second kappa shape index (κ2) is 6.51. The van der Waals surface area contributed by atoms with Crippen molar-refractivity contribution >= 4 is 34.5 Å². The first-order valence-corrected chi connectivity index (χ1v) is 8.73. The number of thiophene rings is 1. The molecule has 0 atom stereocenters. The summed E-state index contributed by atoms with van der Waals surface area (Å²) in [6, 6.07) is 7.21. The number of halogens is 2. The molecule has 0 aliphatic heterocycles. The molecule has 0 radical (unpaired) electrons. The Morgan fingerprint density at radius 3 is 2.70 bits per heavy atom. The molecule has 0 N–H and O–H groups in total. The first kappa shape index (κ1) is 16.3. The van der Waals surface area contributed by atoms with Crippen molar-refractivity contribution in [2.45, 2.75) is 20.4 Å². The van der Waals surface area contributed by atoms with E-state index >= 15 is 0 Å². The lowest BCUT2D eigenvalue weighted by atomic mass is 10.1. The van der Waals surface area contributed by atoms with Crippen LogP contribution in [-0.4, -0.2) is 9.78 Å². The van der Waals surface area contributed by atoms with E-state index in [4.69, 9.17) is 28.3 Å². The van der Waals surface area contributed by atoms with Gasteiger partial charge in [-0.05, 0) is 35.2 Å². The van der Waals surface area contributed by atoms with Gasteiger partial charge >= 0.3 is 0 Å². The molecule has 3 aromatic heterocycles. The smallest absolute Gasteiger partial charge is 0.286 e. The molecule has 0 aliphatic rings. The van der Waals surface area contributed by atoms with Crippen molar-refractivity contribution in [3.05, 3.63) is 51.4 Å². The Hall–Kier alpha value is -1.56. The Balaban J connectivity index is 2.13. The van der Waals surface area contributed by atoms with Crippen LogP contribution in [0.15, 0.2) is 36.7 Å². The van der Waals surface area contributed by atoms with Gasteiger partial charge in [0.05, 0.1) is 9.21 Å².